The van der Waals surface area contributed by atoms with Crippen molar-refractivity contribution in [1.29, 1.82) is 0 Å². The second-order valence-corrected chi connectivity index (χ2v) is 4.22. The number of nitrogens with one attached hydrogen (secondary N) is 1. The Kier molecular flexibility index (Phi) is 6.92. The molecule has 0 aromatic carbocycles. The number of methoxy groups -OCH3 is 1. The van der Waals surface area contributed by atoms with Gasteiger partial charge in [-0.25, -0.2) is 0 Å². The highest BCUT2D eigenvalue weighted by Gasteiger charge is 2.18. The van der Waals surface area contributed by atoms with Gasteiger partial charge in [0.25, 0.3) is 0 Å². The maximum atomic E-state index is 5.69. The van der Waals surface area contributed by atoms with Crippen LogP contribution in [0, 0.1) is 0 Å². The van der Waals surface area contributed by atoms with Crippen molar-refractivity contribution in [3.63, 3.8) is 0 Å². The molecule has 0 amide bonds. The molecule has 0 saturated carbocycles. The molecular formula is C11H24N2O2. The summed E-state index contributed by atoms with van der Waals surface area (Å²) in [5, 5.41) is 0. The van der Waals surface area contributed by atoms with Crippen LogP contribution in [0.3, 0.4) is 0 Å². The summed E-state index contributed by atoms with van der Waals surface area (Å²) in [6.45, 7) is 1.73. The Morgan fingerprint density at radius 3 is 3.00 bits per heavy atom. The lowest BCUT2D eigenvalue weighted by molar-refractivity contribution is 0.00421. The van der Waals surface area contributed by atoms with Crippen LogP contribution in [0.15, 0.2) is 0 Å². The van der Waals surface area contributed by atoms with E-state index in [1.54, 1.807) is 7.11 Å². The van der Waals surface area contributed by atoms with Crippen molar-refractivity contribution in [2.45, 2.75) is 50.7 Å². The maximum Gasteiger partial charge on any atom is 0.0590 e. The van der Waals surface area contributed by atoms with E-state index in [4.69, 9.17) is 15.3 Å². The predicted octanol–water partition coefficient (Wildman–Crippen LogP) is 1.20. The summed E-state index contributed by atoms with van der Waals surface area (Å²) in [5.74, 6) is 5.53. The molecule has 1 saturated heterocycles. The van der Waals surface area contributed by atoms with Crippen LogP contribution in [0.4, 0.5) is 0 Å². The molecule has 15 heavy (non-hydrogen) atoms. The fourth-order valence-corrected chi connectivity index (χ4v) is 2.05. The lowest BCUT2D eigenvalue weighted by atomic mass is 9.99. The molecule has 0 radical (unpaired) electrons. The predicted molar refractivity (Wildman–Crippen MR) is 60.4 cm³/mol. The van der Waals surface area contributed by atoms with Gasteiger partial charge in [-0.05, 0) is 38.5 Å². The van der Waals surface area contributed by atoms with E-state index in [0.717, 1.165) is 32.5 Å². The van der Waals surface area contributed by atoms with Crippen molar-refractivity contribution in [3.8, 4) is 0 Å². The van der Waals surface area contributed by atoms with Gasteiger partial charge in [0.05, 0.1) is 6.10 Å². The third kappa shape index (κ3) is 5.47. The molecule has 2 unspecified atom stereocenters. The van der Waals surface area contributed by atoms with Gasteiger partial charge < -0.3 is 9.47 Å². The first-order valence-electron chi connectivity index (χ1n) is 5.93. The summed E-state index contributed by atoms with van der Waals surface area (Å²) in [5.41, 5.74) is 2.87. The Balaban J connectivity index is 2.13. The molecule has 0 spiro atoms. The number of nitrogens with two attached hydrogens (primary N) is 1. The Hall–Kier alpha value is -0.160. The molecular weight excluding hydrogens is 192 g/mol. The molecule has 1 heterocycles. The van der Waals surface area contributed by atoms with Crippen molar-refractivity contribution in [2.24, 2.45) is 5.84 Å². The number of rotatable bonds is 7. The SMILES string of the molecule is COCCCC(CC1CCCCO1)NN. The first-order chi connectivity index (χ1) is 7.36. The quantitative estimate of drug-likeness (QED) is 0.381. The fourth-order valence-electron chi connectivity index (χ4n) is 2.05. The van der Waals surface area contributed by atoms with Gasteiger partial charge in [0.15, 0.2) is 0 Å². The highest BCUT2D eigenvalue weighted by molar-refractivity contribution is 4.72. The summed E-state index contributed by atoms with van der Waals surface area (Å²) in [6.07, 6.45) is 7.23. The molecule has 1 aliphatic heterocycles. The Labute approximate surface area is 92.5 Å². The molecule has 4 heteroatoms. The first kappa shape index (κ1) is 12.9. The number of hydrazine groups is 1. The lowest BCUT2D eigenvalue weighted by Crippen LogP contribution is -2.39. The van der Waals surface area contributed by atoms with Crippen LogP contribution < -0.4 is 11.3 Å². The molecule has 2 atom stereocenters. The molecule has 1 aliphatic rings. The van der Waals surface area contributed by atoms with Crippen LogP contribution in [0.1, 0.15) is 38.5 Å². The summed E-state index contributed by atoms with van der Waals surface area (Å²) in [7, 11) is 1.73. The number of hydrogen-bond donors (Lipinski definition) is 2. The Morgan fingerprint density at radius 2 is 2.40 bits per heavy atom. The monoisotopic (exact) mass is 216 g/mol. The van der Waals surface area contributed by atoms with Crippen molar-refractivity contribution in [3.05, 3.63) is 0 Å². The zero-order valence-corrected chi connectivity index (χ0v) is 9.71. The van der Waals surface area contributed by atoms with E-state index in [1.807, 2.05) is 0 Å². The molecule has 1 fully saturated rings. The van der Waals surface area contributed by atoms with Crippen molar-refractivity contribution < 1.29 is 9.47 Å². The van der Waals surface area contributed by atoms with Crippen molar-refractivity contribution in [2.75, 3.05) is 20.3 Å². The molecule has 90 valence electrons. The summed E-state index contributed by atoms with van der Waals surface area (Å²) >= 11 is 0. The summed E-state index contributed by atoms with van der Waals surface area (Å²) < 4.78 is 10.7. The first-order valence-corrected chi connectivity index (χ1v) is 5.93. The number of ether oxygens (including phenoxy) is 2. The Bertz CT molecular complexity index is 150. The lowest BCUT2D eigenvalue weighted by Gasteiger charge is -2.26. The third-order valence-electron chi connectivity index (χ3n) is 2.96. The molecule has 4 nitrogen and oxygen atoms in total. The normalized spacial score (nSPS) is 24.0. The van der Waals surface area contributed by atoms with E-state index in [-0.39, 0.29) is 0 Å². The van der Waals surface area contributed by atoms with Gasteiger partial charge in [-0.1, -0.05) is 0 Å². The minimum Gasteiger partial charge on any atom is -0.385 e. The van der Waals surface area contributed by atoms with Crippen LogP contribution in [-0.2, 0) is 9.47 Å². The van der Waals surface area contributed by atoms with E-state index in [1.165, 1.54) is 19.3 Å². The molecule has 3 N–H and O–H groups in total. The van der Waals surface area contributed by atoms with E-state index in [9.17, 15) is 0 Å². The minimum absolute atomic E-state index is 0.364. The van der Waals surface area contributed by atoms with Gasteiger partial charge in [0, 0.05) is 26.4 Å². The van der Waals surface area contributed by atoms with Crippen LogP contribution in [0.2, 0.25) is 0 Å². The van der Waals surface area contributed by atoms with Crippen molar-refractivity contribution >= 4 is 0 Å². The smallest absolute Gasteiger partial charge is 0.0590 e. The van der Waals surface area contributed by atoms with E-state index in [2.05, 4.69) is 5.43 Å². The molecule has 0 aromatic rings. The molecule has 0 bridgehead atoms. The molecule has 0 aliphatic carbocycles. The molecule has 1 rings (SSSR count). The molecule has 0 aromatic heterocycles. The average molecular weight is 216 g/mol. The summed E-state index contributed by atoms with van der Waals surface area (Å²) in [4.78, 5) is 0. The van der Waals surface area contributed by atoms with Gasteiger partial charge in [0.2, 0.25) is 0 Å². The van der Waals surface area contributed by atoms with Gasteiger partial charge in [-0.2, -0.15) is 0 Å². The van der Waals surface area contributed by atoms with Crippen LogP contribution >= 0.6 is 0 Å². The highest BCUT2D eigenvalue weighted by atomic mass is 16.5. The highest BCUT2D eigenvalue weighted by Crippen LogP contribution is 2.18. The topological polar surface area (TPSA) is 56.5 Å². The van der Waals surface area contributed by atoms with Crippen LogP contribution in [-0.4, -0.2) is 32.5 Å². The summed E-state index contributed by atoms with van der Waals surface area (Å²) in [6, 6.07) is 0.364. The minimum atomic E-state index is 0.364. The van der Waals surface area contributed by atoms with Gasteiger partial charge in [-0.15, -0.1) is 0 Å². The van der Waals surface area contributed by atoms with E-state index < -0.39 is 0 Å². The second kappa shape index (κ2) is 8.05. The Morgan fingerprint density at radius 1 is 1.53 bits per heavy atom. The standard InChI is InChI=1S/C11H24N2O2/c1-14-7-4-5-10(13-12)9-11-6-2-3-8-15-11/h10-11,13H,2-9,12H2,1H3. The maximum absolute atomic E-state index is 5.69. The van der Waals surface area contributed by atoms with Crippen LogP contribution in [0.25, 0.3) is 0 Å². The zero-order valence-electron chi connectivity index (χ0n) is 9.71. The van der Waals surface area contributed by atoms with E-state index in [0.29, 0.717) is 12.1 Å². The average Bonchev–Trinajstić information content (AvgIpc) is 2.29. The van der Waals surface area contributed by atoms with Gasteiger partial charge in [0.1, 0.15) is 0 Å². The third-order valence-corrected chi connectivity index (χ3v) is 2.96. The second-order valence-electron chi connectivity index (χ2n) is 4.22. The van der Waals surface area contributed by atoms with Gasteiger partial charge >= 0.3 is 0 Å². The number of hydrogen-bond acceptors (Lipinski definition) is 4. The fraction of sp³-hybridized carbons (Fsp3) is 1.00. The van der Waals surface area contributed by atoms with Gasteiger partial charge in [-0.3, -0.25) is 11.3 Å². The zero-order chi connectivity index (χ0) is 10.9. The van der Waals surface area contributed by atoms with E-state index >= 15 is 0 Å². The largest absolute Gasteiger partial charge is 0.385 e. The van der Waals surface area contributed by atoms with Crippen LogP contribution in [0.5, 0.6) is 0 Å². The van der Waals surface area contributed by atoms with Crippen molar-refractivity contribution in [1.82, 2.24) is 5.43 Å².